The molecular weight excluding hydrogens is 526 g/mol. The first-order chi connectivity index (χ1) is 19.3. The third kappa shape index (κ3) is 6.35. The van der Waals surface area contributed by atoms with Gasteiger partial charge in [-0.2, -0.15) is 0 Å². The smallest absolute Gasteiger partial charge is 0.251 e. The Kier molecular flexibility index (Phi) is 8.49. The number of carbonyl (C=O) groups excluding carboxylic acids is 1. The van der Waals surface area contributed by atoms with Crippen LogP contribution in [0.2, 0.25) is 0 Å². The highest BCUT2D eigenvalue weighted by atomic mass is 32.2. The number of aromatic nitrogens is 3. The van der Waals surface area contributed by atoms with E-state index in [4.69, 9.17) is 19.8 Å². The number of aliphatic hydroxyl groups excluding tert-OH is 1. The lowest BCUT2D eigenvalue weighted by Crippen LogP contribution is -2.45. The van der Waals surface area contributed by atoms with Gasteiger partial charge in [-0.1, -0.05) is 12.1 Å². The average Bonchev–Trinajstić information content (AvgIpc) is 2.95. The van der Waals surface area contributed by atoms with Crippen molar-refractivity contribution in [2.75, 3.05) is 30.3 Å². The second kappa shape index (κ2) is 12.2. The molecule has 0 spiro atoms. The van der Waals surface area contributed by atoms with Gasteiger partial charge in [0.2, 0.25) is 0 Å². The van der Waals surface area contributed by atoms with Gasteiger partial charge in [0.15, 0.2) is 0 Å². The van der Waals surface area contributed by atoms with Crippen LogP contribution in [0.1, 0.15) is 35.5 Å². The first-order valence-electron chi connectivity index (χ1n) is 13.3. The molecule has 5 rings (SSSR count). The number of ether oxygens (including phenoxy) is 1. The first-order valence-corrected chi connectivity index (χ1v) is 14.6. The van der Waals surface area contributed by atoms with Crippen LogP contribution in [0.5, 0.6) is 0 Å². The zero-order valence-corrected chi connectivity index (χ0v) is 23.6. The Bertz CT molecular complexity index is 1550. The number of rotatable bonds is 8. The summed E-state index contributed by atoms with van der Waals surface area (Å²) in [6.07, 6.45) is 2.03. The molecule has 0 saturated carbocycles. The van der Waals surface area contributed by atoms with Crippen LogP contribution in [-0.4, -0.2) is 67.8 Å². The Balaban J connectivity index is 1.32. The van der Waals surface area contributed by atoms with Crippen molar-refractivity contribution in [3.05, 3.63) is 77.6 Å². The van der Waals surface area contributed by atoms with E-state index in [-0.39, 0.29) is 37.0 Å². The van der Waals surface area contributed by atoms with Gasteiger partial charge in [-0.3, -0.25) is 14.0 Å². The minimum absolute atomic E-state index is 0.132. The monoisotopic (exact) mass is 559 g/mol. The minimum Gasteiger partial charge on any atom is -0.395 e. The Labute approximate surface area is 236 Å². The molecule has 1 aliphatic rings. The van der Waals surface area contributed by atoms with Gasteiger partial charge in [0.25, 0.3) is 5.91 Å². The van der Waals surface area contributed by atoms with Crippen molar-refractivity contribution in [1.82, 2.24) is 20.3 Å². The third-order valence-corrected chi connectivity index (χ3v) is 8.26. The minimum atomic E-state index is -1.37. The quantitative estimate of drug-likeness (QED) is 0.336. The number of hydrogen-bond acceptors (Lipinski definition) is 8. The van der Waals surface area contributed by atoms with E-state index in [1.165, 1.54) is 0 Å². The molecule has 0 unspecified atom stereocenters. The van der Waals surface area contributed by atoms with Gasteiger partial charge in [0, 0.05) is 35.1 Å². The van der Waals surface area contributed by atoms with Crippen molar-refractivity contribution in [3.63, 3.8) is 0 Å². The van der Waals surface area contributed by atoms with E-state index >= 15 is 0 Å². The normalized spacial score (nSPS) is 18.1. The highest BCUT2D eigenvalue weighted by Crippen LogP contribution is 2.24. The topological polar surface area (TPSA) is 118 Å². The molecule has 0 radical (unpaired) electrons. The largest absolute Gasteiger partial charge is 0.395 e. The molecule has 40 heavy (non-hydrogen) atoms. The van der Waals surface area contributed by atoms with Crippen LogP contribution in [-0.2, 0) is 22.1 Å². The summed E-state index contributed by atoms with van der Waals surface area (Å²) in [4.78, 5) is 29.9. The number of pyridine rings is 3. The maximum absolute atomic E-state index is 12.8. The number of carbonyl (C=O) groups is 1. The summed E-state index contributed by atoms with van der Waals surface area (Å²) in [5.74, 6) is 0.741. The zero-order valence-electron chi connectivity index (χ0n) is 22.8. The molecule has 10 heteroatoms. The molecule has 1 amide bonds. The number of amides is 1. The molecule has 2 N–H and O–H groups in total. The van der Waals surface area contributed by atoms with E-state index in [0.717, 1.165) is 46.8 Å². The van der Waals surface area contributed by atoms with E-state index in [1.807, 2.05) is 43.3 Å². The fourth-order valence-corrected chi connectivity index (χ4v) is 5.93. The second-order valence-corrected chi connectivity index (χ2v) is 11.6. The Hall–Kier alpha value is -3.73. The lowest BCUT2D eigenvalue weighted by atomic mass is 10.1. The first kappa shape index (κ1) is 27.8. The number of hydrogen-bond donors (Lipinski definition) is 2. The predicted molar refractivity (Wildman–Crippen MR) is 156 cm³/mol. The van der Waals surface area contributed by atoms with Gasteiger partial charge >= 0.3 is 0 Å². The highest BCUT2D eigenvalue weighted by Gasteiger charge is 2.23. The second-order valence-electron chi connectivity index (χ2n) is 10.0. The summed E-state index contributed by atoms with van der Waals surface area (Å²) in [7, 11) is -1.37. The van der Waals surface area contributed by atoms with E-state index in [0.29, 0.717) is 16.2 Å². The number of fused-ring (bicyclic) bond motifs is 1. The van der Waals surface area contributed by atoms with E-state index in [2.05, 4.69) is 29.0 Å². The van der Waals surface area contributed by atoms with E-state index in [1.54, 1.807) is 24.4 Å². The number of aryl methyl sites for hydroxylation is 1. The maximum Gasteiger partial charge on any atom is 0.251 e. The standard InChI is InChI=1S/C30H33N5O4S/c1-19-7-8-22(13-28(19)40(38)12-11-36)30(37)32-16-24-14-27-23(15-31-24)9-10-26(33-27)25-5-4-6-29(34-25)35-17-20(2)39-21(3)18-35/h4-10,13-15,20-21,36H,11-12,16-18H2,1-3H3,(H,32,37)/t20-,21+,40-/m1/s1. The summed E-state index contributed by atoms with van der Waals surface area (Å²) in [6, 6.07) is 16.8. The average molecular weight is 560 g/mol. The number of anilines is 1. The van der Waals surface area contributed by atoms with Crippen molar-refractivity contribution in [2.24, 2.45) is 0 Å². The van der Waals surface area contributed by atoms with Crippen LogP contribution in [0.15, 0.2) is 65.7 Å². The lowest BCUT2D eigenvalue weighted by Gasteiger charge is -2.36. The summed E-state index contributed by atoms with van der Waals surface area (Å²) in [5.41, 5.74) is 4.19. The van der Waals surface area contributed by atoms with Crippen LogP contribution >= 0.6 is 0 Å². The molecule has 4 aromatic rings. The van der Waals surface area contributed by atoms with E-state index in [9.17, 15) is 9.00 Å². The van der Waals surface area contributed by atoms with Gasteiger partial charge in [-0.25, -0.2) is 9.97 Å². The number of nitrogens with one attached hydrogen (secondary N) is 1. The van der Waals surface area contributed by atoms with Crippen LogP contribution in [0.4, 0.5) is 5.82 Å². The zero-order chi connectivity index (χ0) is 28.2. The molecule has 208 valence electrons. The van der Waals surface area contributed by atoms with Crippen LogP contribution in [0, 0.1) is 6.92 Å². The van der Waals surface area contributed by atoms with Gasteiger partial charge in [-0.05, 0) is 68.8 Å². The molecule has 3 aromatic heterocycles. The van der Waals surface area contributed by atoms with Crippen molar-refractivity contribution in [1.29, 1.82) is 0 Å². The highest BCUT2D eigenvalue weighted by molar-refractivity contribution is 7.85. The molecule has 1 fully saturated rings. The number of morpholine rings is 1. The Morgan fingerprint density at radius 2 is 1.85 bits per heavy atom. The van der Waals surface area contributed by atoms with Crippen molar-refractivity contribution >= 4 is 33.4 Å². The van der Waals surface area contributed by atoms with Crippen molar-refractivity contribution in [2.45, 2.75) is 44.4 Å². The molecular formula is C30H33N5O4S. The van der Waals surface area contributed by atoms with Crippen molar-refractivity contribution in [3.8, 4) is 11.4 Å². The molecule has 1 aromatic carbocycles. The van der Waals surface area contributed by atoms with Gasteiger partial charge in [-0.15, -0.1) is 0 Å². The summed E-state index contributed by atoms with van der Waals surface area (Å²) < 4.78 is 18.3. The SMILES string of the molecule is Cc1ccc(C(=O)NCc2cc3nc(-c4cccc(N5C[C@@H](C)O[C@@H](C)C5)n4)ccc3cn2)cc1[S@](=O)CCO. The molecule has 0 aliphatic carbocycles. The summed E-state index contributed by atoms with van der Waals surface area (Å²) in [6.45, 7) is 7.59. The predicted octanol–water partition coefficient (Wildman–Crippen LogP) is 3.64. The summed E-state index contributed by atoms with van der Waals surface area (Å²) >= 11 is 0. The number of benzene rings is 1. The van der Waals surface area contributed by atoms with Crippen LogP contribution < -0.4 is 10.2 Å². The molecule has 3 atom stereocenters. The molecule has 1 aliphatic heterocycles. The fraction of sp³-hybridized carbons (Fsp3) is 0.333. The van der Waals surface area contributed by atoms with Gasteiger partial charge < -0.3 is 20.1 Å². The van der Waals surface area contributed by atoms with E-state index < -0.39 is 10.8 Å². The number of aliphatic hydroxyl groups is 1. The van der Waals surface area contributed by atoms with Crippen molar-refractivity contribution < 1.29 is 18.8 Å². The van der Waals surface area contributed by atoms with Crippen LogP contribution in [0.25, 0.3) is 22.3 Å². The molecule has 9 nitrogen and oxygen atoms in total. The Morgan fingerprint density at radius 1 is 1.07 bits per heavy atom. The lowest BCUT2D eigenvalue weighted by molar-refractivity contribution is -0.00545. The third-order valence-electron chi connectivity index (χ3n) is 6.77. The fourth-order valence-electron chi connectivity index (χ4n) is 4.86. The van der Waals surface area contributed by atoms with Crippen LogP contribution in [0.3, 0.4) is 0 Å². The Morgan fingerprint density at radius 3 is 2.62 bits per heavy atom. The number of nitrogens with zero attached hydrogens (tertiary/aromatic N) is 4. The molecule has 0 bridgehead atoms. The summed E-state index contributed by atoms with van der Waals surface area (Å²) in [5, 5.41) is 12.9. The van der Waals surface area contributed by atoms with Gasteiger partial charge in [0.05, 0.1) is 64.5 Å². The molecule has 4 heterocycles. The molecule has 1 saturated heterocycles. The van der Waals surface area contributed by atoms with Gasteiger partial charge in [0.1, 0.15) is 5.82 Å². The maximum atomic E-state index is 12.8.